The number of amides is 1. The van der Waals surface area contributed by atoms with Crippen molar-refractivity contribution in [3.05, 3.63) is 70.6 Å². The number of nitrogens with zero attached hydrogens (tertiary/aromatic N) is 3. The van der Waals surface area contributed by atoms with E-state index in [9.17, 15) is 9.59 Å². The Morgan fingerprint density at radius 1 is 1.00 bits per heavy atom. The van der Waals surface area contributed by atoms with Gasteiger partial charge in [-0.3, -0.25) is 13.9 Å². The minimum absolute atomic E-state index is 0.0174. The molecule has 3 aromatic rings. The van der Waals surface area contributed by atoms with E-state index in [2.05, 4.69) is 10.2 Å². The predicted octanol–water partition coefficient (Wildman–Crippen LogP) is 2.29. The van der Waals surface area contributed by atoms with Gasteiger partial charge in [0.25, 0.3) is 0 Å². The smallest absolute Gasteiger partial charge is 0.329 e. The first-order valence-corrected chi connectivity index (χ1v) is 9.84. The molecule has 6 nitrogen and oxygen atoms in total. The van der Waals surface area contributed by atoms with Crippen LogP contribution in [0.2, 0.25) is 0 Å². The highest BCUT2D eigenvalue weighted by Gasteiger charge is 2.21. The number of rotatable bonds is 6. The molecule has 0 radical (unpaired) electrons. The van der Waals surface area contributed by atoms with Gasteiger partial charge in [0, 0.05) is 13.6 Å². The summed E-state index contributed by atoms with van der Waals surface area (Å²) in [6.07, 6.45) is 2.42. The zero-order chi connectivity index (χ0) is 19.5. The van der Waals surface area contributed by atoms with Crippen molar-refractivity contribution >= 4 is 16.9 Å². The van der Waals surface area contributed by atoms with Gasteiger partial charge in [-0.2, -0.15) is 0 Å². The lowest BCUT2D eigenvalue weighted by molar-refractivity contribution is -0.122. The summed E-state index contributed by atoms with van der Waals surface area (Å²) in [6.45, 7) is 2.95. The van der Waals surface area contributed by atoms with Crippen molar-refractivity contribution in [2.24, 2.45) is 7.05 Å². The molecule has 0 aliphatic carbocycles. The van der Waals surface area contributed by atoms with E-state index in [-0.39, 0.29) is 24.2 Å². The zero-order valence-electron chi connectivity index (χ0n) is 16.2. The van der Waals surface area contributed by atoms with E-state index in [1.165, 1.54) is 12.8 Å². The van der Waals surface area contributed by atoms with Crippen LogP contribution < -0.4 is 11.0 Å². The fraction of sp³-hybridized carbons (Fsp3) is 0.364. The van der Waals surface area contributed by atoms with Gasteiger partial charge in [0.15, 0.2) is 0 Å². The molecule has 4 rings (SSSR count). The van der Waals surface area contributed by atoms with Crippen LogP contribution in [0.4, 0.5) is 0 Å². The van der Waals surface area contributed by atoms with E-state index in [0.29, 0.717) is 0 Å². The lowest BCUT2D eigenvalue weighted by atomic mass is 10.1. The van der Waals surface area contributed by atoms with Gasteiger partial charge < -0.3 is 10.2 Å². The summed E-state index contributed by atoms with van der Waals surface area (Å²) in [4.78, 5) is 27.9. The molecule has 2 heterocycles. The van der Waals surface area contributed by atoms with Crippen molar-refractivity contribution in [1.29, 1.82) is 0 Å². The third-order valence-corrected chi connectivity index (χ3v) is 5.53. The molecule has 28 heavy (non-hydrogen) atoms. The summed E-state index contributed by atoms with van der Waals surface area (Å²) < 4.78 is 3.13. The third-order valence-electron chi connectivity index (χ3n) is 5.53. The van der Waals surface area contributed by atoms with Gasteiger partial charge in [-0.05, 0) is 43.6 Å². The van der Waals surface area contributed by atoms with Crippen LogP contribution in [0.25, 0.3) is 11.0 Å². The molecule has 0 saturated carbocycles. The Balaban J connectivity index is 1.55. The Morgan fingerprint density at radius 3 is 2.36 bits per heavy atom. The summed E-state index contributed by atoms with van der Waals surface area (Å²) in [7, 11) is 1.74. The highest BCUT2D eigenvalue weighted by Crippen LogP contribution is 2.18. The van der Waals surface area contributed by atoms with Gasteiger partial charge in [0.1, 0.15) is 6.54 Å². The summed E-state index contributed by atoms with van der Waals surface area (Å²) in [5, 5.41) is 3.16. The number of para-hydroxylation sites is 2. The Morgan fingerprint density at radius 2 is 1.64 bits per heavy atom. The number of carbonyl (C=O) groups is 1. The number of hydrogen-bond donors (Lipinski definition) is 1. The van der Waals surface area contributed by atoms with E-state index in [4.69, 9.17) is 0 Å². The molecule has 1 unspecified atom stereocenters. The van der Waals surface area contributed by atoms with Crippen molar-refractivity contribution < 1.29 is 4.79 Å². The molecule has 2 aromatic carbocycles. The van der Waals surface area contributed by atoms with Crippen molar-refractivity contribution in [1.82, 2.24) is 19.4 Å². The molecule has 0 bridgehead atoms. The first kappa shape index (κ1) is 18.5. The van der Waals surface area contributed by atoms with Crippen LogP contribution in [-0.4, -0.2) is 39.6 Å². The second-order valence-corrected chi connectivity index (χ2v) is 7.45. The van der Waals surface area contributed by atoms with Gasteiger partial charge in [-0.15, -0.1) is 0 Å². The van der Waals surface area contributed by atoms with Crippen LogP contribution >= 0.6 is 0 Å². The largest absolute Gasteiger partial charge is 0.346 e. The Labute approximate surface area is 164 Å². The first-order valence-electron chi connectivity index (χ1n) is 9.84. The van der Waals surface area contributed by atoms with Gasteiger partial charge in [0.2, 0.25) is 5.91 Å². The predicted molar refractivity (Wildman–Crippen MR) is 110 cm³/mol. The van der Waals surface area contributed by atoms with Crippen LogP contribution in [-0.2, 0) is 18.4 Å². The number of benzene rings is 2. The Bertz CT molecular complexity index is 1020. The molecule has 1 atom stereocenters. The topological polar surface area (TPSA) is 59.3 Å². The average Bonchev–Trinajstić information content (AvgIpc) is 3.31. The zero-order valence-corrected chi connectivity index (χ0v) is 16.2. The van der Waals surface area contributed by atoms with E-state index < -0.39 is 0 Å². The van der Waals surface area contributed by atoms with E-state index in [0.717, 1.165) is 36.2 Å². The van der Waals surface area contributed by atoms with E-state index in [1.54, 1.807) is 16.2 Å². The van der Waals surface area contributed by atoms with Crippen molar-refractivity contribution in [3.63, 3.8) is 0 Å². The molecule has 1 saturated heterocycles. The number of nitrogens with one attached hydrogen (secondary N) is 1. The molecule has 6 heteroatoms. The Kier molecular flexibility index (Phi) is 5.30. The van der Waals surface area contributed by atoms with Gasteiger partial charge in [-0.1, -0.05) is 42.5 Å². The van der Waals surface area contributed by atoms with Crippen LogP contribution in [0.1, 0.15) is 24.4 Å². The molecular weight excluding hydrogens is 352 g/mol. The number of fused-ring (bicyclic) bond motifs is 1. The molecular formula is C22H26N4O2. The quantitative estimate of drug-likeness (QED) is 0.716. The molecule has 1 aliphatic rings. The Hall–Kier alpha value is -2.86. The highest BCUT2D eigenvalue weighted by molar-refractivity contribution is 5.81. The summed E-state index contributed by atoms with van der Waals surface area (Å²) in [6, 6.07) is 17.5. The third kappa shape index (κ3) is 3.73. The van der Waals surface area contributed by atoms with Crippen LogP contribution in [0, 0.1) is 0 Å². The normalized spacial score (nSPS) is 15.8. The maximum absolute atomic E-state index is 12.9. The standard InChI is InChI=1S/C22H26N4O2/c1-24-19-11-5-6-12-20(19)26(22(24)28)16-21(27)23-18(15-25-13-7-8-14-25)17-9-3-2-4-10-17/h2-6,9-12,18H,7-8,13-16H2,1H3,(H,23,27). The fourth-order valence-electron chi connectivity index (χ4n) is 4.04. The second kappa shape index (κ2) is 8.02. The maximum atomic E-state index is 12.9. The number of likely N-dealkylation sites (tertiary alicyclic amines) is 1. The highest BCUT2D eigenvalue weighted by atomic mass is 16.2. The average molecular weight is 378 g/mol. The van der Waals surface area contributed by atoms with Crippen LogP contribution in [0.3, 0.4) is 0 Å². The van der Waals surface area contributed by atoms with Crippen LogP contribution in [0.15, 0.2) is 59.4 Å². The minimum Gasteiger partial charge on any atom is -0.346 e. The second-order valence-electron chi connectivity index (χ2n) is 7.45. The maximum Gasteiger partial charge on any atom is 0.329 e. The van der Waals surface area contributed by atoms with E-state index >= 15 is 0 Å². The van der Waals surface area contributed by atoms with Crippen molar-refractivity contribution in [2.45, 2.75) is 25.4 Å². The molecule has 1 aliphatic heterocycles. The summed E-state index contributed by atoms with van der Waals surface area (Å²) in [5.74, 6) is -0.147. The number of aromatic nitrogens is 2. The fourth-order valence-corrected chi connectivity index (χ4v) is 4.04. The first-order chi connectivity index (χ1) is 13.6. The van der Waals surface area contributed by atoms with Gasteiger partial charge in [-0.25, -0.2) is 4.79 Å². The molecule has 146 valence electrons. The molecule has 0 spiro atoms. The monoisotopic (exact) mass is 378 g/mol. The van der Waals surface area contributed by atoms with Gasteiger partial charge in [0.05, 0.1) is 17.1 Å². The SMILES string of the molecule is Cn1c(=O)n(CC(=O)NC(CN2CCCC2)c2ccccc2)c2ccccc21. The summed E-state index contributed by atoms with van der Waals surface area (Å²) in [5.41, 5.74) is 2.53. The van der Waals surface area contributed by atoms with Crippen LogP contribution in [0.5, 0.6) is 0 Å². The van der Waals surface area contributed by atoms with Gasteiger partial charge >= 0.3 is 5.69 Å². The molecule has 1 fully saturated rings. The van der Waals surface area contributed by atoms with Crippen molar-refractivity contribution in [2.75, 3.05) is 19.6 Å². The lowest BCUT2D eigenvalue weighted by Gasteiger charge is -2.25. The van der Waals surface area contributed by atoms with E-state index in [1.807, 2.05) is 54.6 Å². The molecule has 1 amide bonds. The summed E-state index contributed by atoms with van der Waals surface area (Å²) >= 11 is 0. The molecule has 1 aromatic heterocycles. The number of carbonyl (C=O) groups excluding carboxylic acids is 1. The van der Waals surface area contributed by atoms with Crippen molar-refractivity contribution in [3.8, 4) is 0 Å². The number of imidazole rings is 1. The molecule has 1 N–H and O–H groups in total. The number of hydrogen-bond acceptors (Lipinski definition) is 3. The minimum atomic E-state index is -0.174. The number of aryl methyl sites for hydroxylation is 1. The lowest BCUT2D eigenvalue weighted by Crippen LogP contribution is -2.39.